The lowest BCUT2D eigenvalue weighted by Gasteiger charge is -1.92. The van der Waals surface area contributed by atoms with Crippen LogP contribution in [0.1, 0.15) is 0 Å². The van der Waals surface area contributed by atoms with Crippen molar-refractivity contribution in [1.29, 1.82) is 0 Å². The third-order valence-corrected chi connectivity index (χ3v) is 4.16. The molecule has 0 aromatic carbocycles. The Morgan fingerprint density at radius 2 is 1.12 bits per heavy atom. The van der Waals surface area contributed by atoms with Crippen molar-refractivity contribution in [1.82, 2.24) is 0 Å². The van der Waals surface area contributed by atoms with Gasteiger partial charge in [0.25, 0.3) is 20.2 Å². The molecule has 0 radical (unpaired) electrons. The van der Waals surface area contributed by atoms with Gasteiger partial charge in [-0.2, -0.15) is 16.8 Å². The third kappa shape index (κ3) is 14.0. The summed E-state index contributed by atoms with van der Waals surface area (Å²) in [6, 6.07) is 0. The Kier molecular flexibility index (Phi) is 7.35. The first-order valence-electron chi connectivity index (χ1n) is 3.73. The fraction of sp³-hybridized carbons (Fsp3) is 0.333. The molecule has 6 nitrogen and oxygen atoms in total. The summed E-state index contributed by atoms with van der Waals surface area (Å²) < 4.78 is 57.5. The van der Waals surface area contributed by atoms with E-state index >= 15 is 0 Å². The Balaban J connectivity index is 3.64. The molecular weight excluding hydrogens is 296 g/mol. The monoisotopic (exact) mass is 306 g/mol. The highest BCUT2D eigenvalue weighted by Gasteiger charge is 1.95. The van der Waals surface area contributed by atoms with Crippen LogP contribution < -0.4 is 0 Å². The van der Waals surface area contributed by atoms with Gasteiger partial charge in [0.15, 0.2) is 0 Å². The minimum absolute atomic E-state index is 0.351. The van der Waals surface area contributed by atoms with Gasteiger partial charge < -0.3 is 0 Å². The van der Waals surface area contributed by atoms with Crippen molar-refractivity contribution in [2.45, 2.75) is 0 Å². The van der Waals surface area contributed by atoms with E-state index < -0.39 is 20.2 Å². The molecule has 0 heterocycles. The zero-order valence-corrected chi connectivity index (χ0v) is 11.2. The highest BCUT2D eigenvalue weighted by molar-refractivity contribution is 8.76. The molecule has 0 saturated carbocycles. The minimum atomic E-state index is -4.07. The summed E-state index contributed by atoms with van der Waals surface area (Å²) in [5.41, 5.74) is 0. The van der Waals surface area contributed by atoms with E-state index in [1.807, 2.05) is 0 Å². The maximum absolute atomic E-state index is 10.2. The van der Waals surface area contributed by atoms with Crippen LogP contribution in [0.5, 0.6) is 0 Å². The zero-order valence-electron chi connectivity index (χ0n) is 7.88. The van der Waals surface area contributed by atoms with Crippen LogP contribution in [0.4, 0.5) is 0 Å². The second kappa shape index (κ2) is 7.35. The standard InChI is InChI=1S/C6H10O6S4/c7-15(8,9)5-1-3-13-14-4-2-6-16(10,11)12/h1-2,5-6H,3-4H2,(H,7,8,9)(H,10,11,12)/b5-1+,6-2+. The quantitative estimate of drug-likeness (QED) is 0.410. The molecule has 0 aromatic heterocycles. The number of rotatable bonds is 7. The van der Waals surface area contributed by atoms with Crippen molar-refractivity contribution in [3.63, 3.8) is 0 Å². The topological polar surface area (TPSA) is 109 Å². The van der Waals surface area contributed by atoms with E-state index in [1.54, 1.807) is 0 Å². The fourth-order valence-corrected chi connectivity index (χ4v) is 3.01. The van der Waals surface area contributed by atoms with Gasteiger partial charge in [-0.05, 0) is 0 Å². The Labute approximate surface area is 102 Å². The molecule has 0 atom stereocenters. The first-order chi connectivity index (χ1) is 7.21. The van der Waals surface area contributed by atoms with Crippen LogP contribution in [-0.2, 0) is 20.2 Å². The van der Waals surface area contributed by atoms with Crippen LogP contribution in [0.2, 0.25) is 0 Å². The van der Waals surface area contributed by atoms with E-state index in [9.17, 15) is 16.8 Å². The fourth-order valence-electron chi connectivity index (χ4n) is 0.497. The van der Waals surface area contributed by atoms with Gasteiger partial charge in [0.05, 0.1) is 10.8 Å². The molecule has 0 rings (SSSR count). The number of hydrogen-bond donors (Lipinski definition) is 2. The van der Waals surface area contributed by atoms with E-state index in [1.165, 1.54) is 33.7 Å². The minimum Gasteiger partial charge on any atom is -0.282 e. The molecule has 0 unspecified atom stereocenters. The van der Waals surface area contributed by atoms with Crippen LogP contribution in [0.25, 0.3) is 0 Å². The van der Waals surface area contributed by atoms with Gasteiger partial charge in [0.1, 0.15) is 0 Å². The highest BCUT2D eigenvalue weighted by Crippen LogP contribution is 2.21. The normalized spacial score (nSPS) is 13.9. The van der Waals surface area contributed by atoms with Crippen LogP contribution in [0.3, 0.4) is 0 Å². The molecule has 0 fully saturated rings. The van der Waals surface area contributed by atoms with Crippen molar-refractivity contribution in [3.8, 4) is 0 Å². The van der Waals surface area contributed by atoms with Crippen molar-refractivity contribution < 1.29 is 25.9 Å². The van der Waals surface area contributed by atoms with Crippen LogP contribution >= 0.6 is 21.6 Å². The van der Waals surface area contributed by atoms with Gasteiger partial charge in [-0.1, -0.05) is 33.7 Å². The van der Waals surface area contributed by atoms with Crippen molar-refractivity contribution in [3.05, 3.63) is 23.0 Å². The van der Waals surface area contributed by atoms with Crippen molar-refractivity contribution in [2.75, 3.05) is 11.5 Å². The molecule has 0 aliphatic carbocycles. The van der Waals surface area contributed by atoms with Crippen LogP contribution in [0.15, 0.2) is 23.0 Å². The highest BCUT2D eigenvalue weighted by atomic mass is 33.1. The second-order valence-corrected chi connectivity index (χ2v) is 7.50. The SMILES string of the molecule is O=S(=O)(O)/C=C/CSSC/C=C/S(=O)(=O)O. The van der Waals surface area contributed by atoms with Gasteiger partial charge in [-0.3, -0.25) is 9.11 Å². The van der Waals surface area contributed by atoms with Crippen molar-refractivity contribution in [2.24, 2.45) is 0 Å². The van der Waals surface area contributed by atoms with E-state index in [-0.39, 0.29) is 0 Å². The third-order valence-electron chi connectivity index (χ3n) is 0.948. The summed E-state index contributed by atoms with van der Waals surface area (Å²) >= 11 is 0. The molecule has 0 saturated heterocycles. The Bertz CT molecular complexity index is 401. The Morgan fingerprint density at radius 1 is 0.812 bits per heavy atom. The lowest BCUT2D eigenvalue weighted by Crippen LogP contribution is -1.89. The first-order valence-corrected chi connectivity index (χ1v) is 9.22. The predicted molar refractivity (Wildman–Crippen MR) is 66.3 cm³/mol. The summed E-state index contributed by atoms with van der Waals surface area (Å²) in [7, 11) is -5.60. The molecule has 2 N–H and O–H groups in total. The molecule has 0 aromatic rings. The average molecular weight is 306 g/mol. The van der Waals surface area contributed by atoms with Crippen molar-refractivity contribution >= 4 is 41.8 Å². The second-order valence-electron chi connectivity index (χ2n) is 2.34. The molecule has 0 aliphatic rings. The van der Waals surface area contributed by atoms with E-state index in [0.717, 1.165) is 0 Å². The maximum atomic E-state index is 10.2. The maximum Gasteiger partial charge on any atom is 0.287 e. The molecule has 94 valence electrons. The lowest BCUT2D eigenvalue weighted by molar-refractivity contribution is 0.492. The van der Waals surface area contributed by atoms with Gasteiger partial charge in [0, 0.05) is 11.5 Å². The lowest BCUT2D eigenvalue weighted by atomic mass is 10.8. The predicted octanol–water partition coefficient (Wildman–Crippen LogP) is 1.17. The van der Waals surface area contributed by atoms with Crippen LogP contribution in [-0.4, -0.2) is 37.4 Å². The molecule has 0 aliphatic heterocycles. The Morgan fingerprint density at radius 3 is 1.38 bits per heavy atom. The molecule has 0 amide bonds. The van der Waals surface area contributed by atoms with E-state index in [2.05, 4.69) is 0 Å². The molecule has 10 heteroatoms. The number of hydrogen-bond acceptors (Lipinski definition) is 6. The molecular formula is C6H10O6S4. The summed E-state index contributed by atoms with van der Waals surface area (Å²) in [5, 5.41) is 1.35. The Hall–Kier alpha value is -0.000000000000000187. The average Bonchev–Trinajstić information content (AvgIpc) is 2.06. The van der Waals surface area contributed by atoms with E-state index in [0.29, 0.717) is 22.3 Å². The smallest absolute Gasteiger partial charge is 0.282 e. The van der Waals surface area contributed by atoms with Crippen LogP contribution in [0, 0.1) is 0 Å². The molecule has 0 bridgehead atoms. The summed E-state index contributed by atoms with van der Waals surface area (Å²) in [6.45, 7) is 0. The van der Waals surface area contributed by atoms with Gasteiger partial charge in [-0.25, -0.2) is 0 Å². The molecule has 16 heavy (non-hydrogen) atoms. The van der Waals surface area contributed by atoms with E-state index in [4.69, 9.17) is 9.11 Å². The zero-order chi connectivity index (χ0) is 12.7. The largest absolute Gasteiger partial charge is 0.287 e. The summed E-state index contributed by atoms with van der Waals surface area (Å²) in [6.07, 6.45) is 2.53. The van der Waals surface area contributed by atoms with Gasteiger partial charge in [0.2, 0.25) is 0 Å². The van der Waals surface area contributed by atoms with Gasteiger partial charge >= 0.3 is 0 Å². The van der Waals surface area contributed by atoms with Gasteiger partial charge in [-0.15, -0.1) is 0 Å². The molecule has 0 spiro atoms. The summed E-state index contributed by atoms with van der Waals surface area (Å²) in [5.74, 6) is 0.703. The summed E-state index contributed by atoms with van der Waals surface area (Å²) in [4.78, 5) is 0. The first kappa shape index (κ1) is 16.0.